The quantitative estimate of drug-likeness (QED) is 0.00513. The Morgan fingerprint density at radius 1 is 0.757 bits per heavy atom. The number of pyridine rings is 1. The zero-order valence-electron chi connectivity index (χ0n) is 61.8. The van der Waals surface area contributed by atoms with Gasteiger partial charge < -0.3 is 54.5 Å². The zero-order chi connectivity index (χ0) is 82.2. The molecule has 3 aromatic carbocycles. The van der Waals surface area contributed by atoms with Crippen molar-refractivity contribution in [1.29, 1.82) is 0 Å². The molecule has 8 rings (SSSR count). The topological polar surface area (TPSA) is 348 Å². The molecule has 0 radical (unpaired) electrons. The largest absolute Gasteiger partial charge is 0.481 e. The minimum absolute atomic E-state index is 0.131. The SMILES string of the molecule is COC(=O)C[C@H](C(=O)NN(Cc1c(F)cc(-c2ccn(C(F)F)n2)cc1F)C[C@H](OC(=O)CC(C)(C)c1c(CC(=O)NC(CC(=O)O)C(=O)O)cc(C)cc1CP(=O)(O)O)[C@@H](CC(=O)[C@@H](NC(=O)OC)C(C)(C)C(F)(F)F)Cc1ccc(C#Cc2ccc(N3CC4CCC(C3)N4C3COC3)nc2)cc1)C(C)(C)C(F)(F)F. The van der Waals surface area contributed by atoms with E-state index in [0.29, 0.717) is 87.3 Å². The third kappa shape index (κ3) is 22.2. The molecule has 3 fully saturated rings. The van der Waals surface area contributed by atoms with Crippen molar-refractivity contribution < 1.29 is 126 Å². The summed E-state index contributed by atoms with van der Waals surface area (Å²) in [6.07, 6.45) is -17.3. The van der Waals surface area contributed by atoms with E-state index in [1.54, 1.807) is 12.3 Å². The summed E-state index contributed by atoms with van der Waals surface area (Å²) in [4.78, 5) is 139. The van der Waals surface area contributed by atoms with Crippen molar-refractivity contribution in [3.63, 3.8) is 0 Å². The average Bonchev–Trinajstić information content (AvgIpc) is 0.892. The number of carboxylic acids is 2. The fourth-order valence-corrected chi connectivity index (χ4v) is 14.8. The Morgan fingerprint density at radius 2 is 1.36 bits per heavy atom. The van der Waals surface area contributed by atoms with Crippen LogP contribution in [0.25, 0.3) is 11.3 Å². The number of fused-ring (bicyclic) bond motifs is 2. The molecule has 3 aliphatic rings. The summed E-state index contributed by atoms with van der Waals surface area (Å²) >= 11 is 0. The molecule has 3 amide bonds. The van der Waals surface area contributed by atoms with E-state index in [0.717, 1.165) is 58.2 Å². The summed E-state index contributed by atoms with van der Waals surface area (Å²) in [5.41, 5.74) is -7.38. The number of hydrogen-bond donors (Lipinski definition) is 7. The number of esters is 2. The van der Waals surface area contributed by atoms with Crippen molar-refractivity contribution in [2.24, 2.45) is 22.7 Å². The normalized spacial score (nSPS) is 17.2. The summed E-state index contributed by atoms with van der Waals surface area (Å²) in [6.45, 7) is 3.27. The predicted molar refractivity (Wildman–Crippen MR) is 375 cm³/mol. The number of aliphatic carboxylic acids is 2. The number of hydrazine groups is 1. The van der Waals surface area contributed by atoms with Gasteiger partial charge in [0.1, 0.15) is 35.6 Å². The molecule has 0 saturated carbocycles. The van der Waals surface area contributed by atoms with Gasteiger partial charge in [0.05, 0.1) is 94.3 Å². The van der Waals surface area contributed by atoms with Gasteiger partial charge in [-0.3, -0.25) is 43.7 Å². The lowest BCUT2D eigenvalue weighted by atomic mass is 9.75. The number of amides is 3. The summed E-state index contributed by atoms with van der Waals surface area (Å²) in [6, 6.07) is 10.7. The highest BCUT2D eigenvalue weighted by atomic mass is 31.2. The number of hydrogen-bond acceptors (Lipinski definition) is 18. The summed E-state index contributed by atoms with van der Waals surface area (Å²) < 4.78 is 187. The van der Waals surface area contributed by atoms with E-state index in [4.69, 9.17) is 14.5 Å². The minimum atomic E-state index is -5.34. The van der Waals surface area contributed by atoms with Gasteiger partial charge in [-0.1, -0.05) is 69.4 Å². The number of rotatable bonds is 33. The van der Waals surface area contributed by atoms with Crippen LogP contribution in [-0.4, -0.2) is 188 Å². The van der Waals surface area contributed by atoms with Gasteiger partial charge in [-0.05, 0) is 105 Å². The molecule has 604 valence electrons. The van der Waals surface area contributed by atoms with Gasteiger partial charge in [-0.2, -0.15) is 40.2 Å². The Hall–Kier alpha value is -9.53. The van der Waals surface area contributed by atoms with Crippen LogP contribution in [0.3, 0.4) is 0 Å². The lowest BCUT2D eigenvalue weighted by Gasteiger charge is -2.47. The number of ether oxygens (including phenoxy) is 4. The maximum atomic E-state index is 16.9. The van der Waals surface area contributed by atoms with Gasteiger partial charge in [-0.25, -0.2) is 33.0 Å². The molecule has 7 N–H and O–H groups in total. The Kier molecular flexibility index (Phi) is 27.8. The second kappa shape index (κ2) is 35.4. The van der Waals surface area contributed by atoms with Crippen LogP contribution in [0.5, 0.6) is 0 Å². The number of aryl methyl sites for hydroxylation is 1. The third-order valence-corrected chi connectivity index (χ3v) is 20.9. The highest BCUT2D eigenvalue weighted by Gasteiger charge is 2.57. The summed E-state index contributed by atoms with van der Waals surface area (Å²) in [5, 5.41) is 27.3. The smallest absolute Gasteiger partial charge is 0.407 e. The van der Waals surface area contributed by atoms with Crippen LogP contribution < -0.4 is 21.0 Å². The number of methoxy groups -OCH3 is 2. The fourth-order valence-electron chi connectivity index (χ4n) is 14.1. The van der Waals surface area contributed by atoms with Crippen molar-refractivity contribution in [1.82, 2.24) is 40.7 Å². The molecular formula is C74H86F10N9O17P. The lowest BCUT2D eigenvalue weighted by Crippen LogP contribution is -2.62. The maximum Gasteiger partial charge on any atom is 0.407 e. The van der Waals surface area contributed by atoms with Gasteiger partial charge in [0, 0.05) is 84.1 Å². The van der Waals surface area contributed by atoms with Crippen LogP contribution in [0.15, 0.2) is 79.1 Å². The molecule has 26 nitrogen and oxygen atoms in total. The van der Waals surface area contributed by atoms with E-state index in [-0.39, 0.29) is 32.5 Å². The van der Waals surface area contributed by atoms with Gasteiger partial charge >= 0.3 is 56.5 Å². The molecule has 2 bridgehead atoms. The standard InChI is InChI=1S/C74H86F10N9O17P/c1-40-22-46(28-60(95)86-56(67(101)102)30-61(96)97)64(47(23-40)39-111(104,105)106)70(2,3)31-63(99)110-58(36-91(89-66(100)52(29-62(98)107-8)71(4,5)73(79,80)81)35-51-53(75)25-44(26-54(51)76)55-20-21-92(88-55)68(77)78)45(27-57(94)65(87-69(103)108-9)72(6,7)74(82,83)84)24-42-13-10-41(11-14-42)12-15-43-16-19-59(85-32-43)90-33-48-17-18-49(34-90)93(48)50-37-109-38-50/h10-11,13-14,16,19-23,25-26,32,45,48-50,52,56,58,65,68H,17-18,24,27-31,33-39H2,1-9H3,(H,86,95)(H,87,103)(H,89,100)(H,96,97)(H,101,102)(H2,104,105,106)/t45-,48?,49?,52-,56?,58+,65-/m1/s1. The molecule has 5 aromatic rings. The molecule has 0 spiro atoms. The van der Waals surface area contributed by atoms with Crippen molar-refractivity contribution >= 4 is 61.0 Å². The van der Waals surface area contributed by atoms with E-state index >= 15 is 44.7 Å². The number of carbonyl (C=O) groups is 8. The van der Waals surface area contributed by atoms with Crippen LogP contribution >= 0.6 is 7.60 Å². The van der Waals surface area contributed by atoms with Crippen molar-refractivity contribution in [3.05, 3.63) is 135 Å². The number of anilines is 1. The first-order chi connectivity index (χ1) is 51.7. The number of alkyl carbamates (subject to hydrolysis) is 1. The molecule has 3 unspecified atom stereocenters. The van der Waals surface area contributed by atoms with Gasteiger partial charge in [-0.15, -0.1) is 0 Å². The second-order valence-electron chi connectivity index (χ2n) is 29.6. The Labute approximate surface area is 631 Å². The van der Waals surface area contributed by atoms with Crippen LogP contribution in [0.1, 0.15) is 131 Å². The number of Topliss-reactive ketones (excluding diaryl/α,β-unsaturated/α-hetero) is 1. The molecule has 3 aliphatic heterocycles. The van der Waals surface area contributed by atoms with E-state index in [1.807, 2.05) is 11.4 Å². The fraction of sp³-hybridized carbons (Fsp3) is 0.514. The van der Waals surface area contributed by atoms with Gasteiger partial charge in [0.25, 0.3) is 0 Å². The summed E-state index contributed by atoms with van der Waals surface area (Å²) in [7, 11) is -3.59. The number of alkyl halides is 8. The van der Waals surface area contributed by atoms with Crippen LogP contribution in [0, 0.1) is 53.1 Å². The van der Waals surface area contributed by atoms with Crippen LogP contribution in [0.4, 0.5) is 54.5 Å². The predicted octanol–water partition coefficient (Wildman–Crippen LogP) is 9.65. The molecule has 7 atom stereocenters. The van der Waals surface area contributed by atoms with E-state index in [9.17, 15) is 62.1 Å². The third-order valence-electron chi connectivity index (χ3n) is 20.2. The van der Waals surface area contributed by atoms with Gasteiger partial charge in [0.2, 0.25) is 11.8 Å². The molecule has 3 saturated heterocycles. The van der Waals surface area contributed by atoms with Crippen molar-refractivity contribution in [2.75, 3.05) is 52.0 Å². The number of nitrogens with zero attached hydrogens (tertiary/aromatic N) is 6. The Morgan fingerprint density at radius 3 is 1.88 bits per heavy atom. The minimum Gasteiger partial charge on any atom is -0.481 e. The van der Waals surface area contributed by atoms with E-state index < -0.39 is 207 Å². The van der Waals surface area contributed by atoms with E-state index in [2.05, 4.69) is 47.0 Å². The van der Waals surface area contributed by atoms with Gasteiger partial charge in [0.15, 0.2) is 5.78 Å². The number of carboxylic acid groups (broad SMARTS) is 2. The highest BCUT2D eigenvalue weighted by Crippen LogP contribution is 2.48. The number of aromatic nitrogens is 3. The number of nitrogens with one attached hydrogen (secondary N) is 3. The number of halogens is 10. The molecule has 5 heterocycles. The summed E-state index contributed by atoms with van der Waals surface area (Å²) in [5.74, 6) is -11.2. The Balaban J connectivity index is 1.28. The first-order valence-electron chi connectivity index (χ1n) is 34.9. The second-order valence-corrected chi connectivity index (χ2v) is 31.2. The molecule has 111 heavy (non-hydrogen) atoms. The lowest BCUT2D eigenvalue weighted by molar-refractivity contribution is -0.231. The number of piperazine rings is 1. The number of ketones is 1. The first-order valence-corrected chi connectivity index (χ1v) is 36.7. The number of benzene rings is 3. The van der Waals surface area contributed by atoms with E-state index in [1.165, 1.54) is 57.2 Å². The molecule has 37 heteroatoms. The zero-order valence-corrected chi connectivity index (χ0v) is 62.7. The van der Waals surface area contributed by atoms with Crippen LogP contribution in [0.2, 0.25) is 0 Å². The maximum absolute atomic E-state index is 16.9. The molecule has 2 aromatic heterocycles. The van der Waals surface area contributed by atoms with Crippen molar-refractivity contribution in [3.8, 4) is 23.1 Å². The van der Waals surface area contributed by atoms with Crippen molar-refractivity contribution in [2.45, 2.75) is 173 Å². The first kappa shape index (κ1) is 87.1. The molecule has 0 aliphatic carbocycles. The highest BCUT2D eigenvalue weighted by molar-refractivity contribution is 7.50. The number of carbonyl (C=O) groups excluding carboxylic acids is 6. The Bertz CT molecular complexity index is 4330. The average molecular weight is 1590 g/mol. The van der Waals surface area contributed by atoms with Crippen LogP contribution in [-0.2, 0) is 88.0 Å². The molecular weight excluding hydrogens is 1510 g/mol. The monoisotopic (exact) mass is 1590 g/mol.